The van der Waals surface area contributed by atoms with E-state index in [0.717, 1.165) is 6.42 Å². The van der Waals surface area contributed by atoms with Gasteiger partial charge in [0, 0.05) is 17.2 Å². The second-order valence-electron chi connectivity index (χ2n) is 5.82. The van der Waals surface area contributed by atoms with Crippen molar-refractivity contribution in [3.05, 3.63) is 45.3 Å². The van der Waals surface area contributed by atoms with Crippen molar-refractivity contribution in [1.29, 1.82) is 0 Å². The van der Waals surface area contributed by atoms with Gasteiger partial charge in [-0.25, -0.2) is 4.98 Å². The quantitative estimate of drug-likeness (QED) is 0.775. The van der Waals surface area contributed by atoms with Crippen molar-refractivity contribution in [1.82, 2.24) is 19.9 Å². The summed E-state index contributed by atoms with van der Waals surface area (Å²) in [7, 11) is 2.78. The third-order valence-electron chi connectivity index (χ3n) is 3.98. The molecule has 2 aromatic rings. The molecule has 9 nitrogen and oxygen atoms in total. The highest BCUT2D eigenvalue weighted by Crippen LogP contribution is 2.28. The molecule has 2 heterocycles. The predicted octanol–water partition coefficient (Wildman–Crippen LogP) is 1.50. The van der Waals surface area contributed by atoms with Crippen molar-refractivity contribution < 1.29 is 19.4 Å². The maximum absolute atomic E-state index is 12.8. The molecule has 1 aliphatic rings. The van der Waals surface area contributed by atoms with Crippen molar-refractivity contribution in [2.75, 3.05) is 14.2 Å². The van der Waals surface area contributed by atoms with Crippen LogP contribution in [0.5, 0.6) is 17.6 Å². The number of ether oxygens (including phenoxy) is 2. The molecule has 0 atom stereocenters. The van der Waals surface area contributed by atoms with Gasteiger partial charge >= 0.3 is 0 Å². The molecule has 0 spiro atoms. The van der Waals surface area contributed by atoms with Gasteiger partial charge in [-0.15, -0.1) is 0 Å². The Hall–Kier alpha value is -3.49. The Labute approximate surface area is 154 Å². The lowest BCUT2D eigenvalue weighted by Gasteiger charge is -2.16. The van der Waals surface area contributed by atoms with Crippen LogP contribution >= 0.6 is 0 Å². The summed E-state index contributed by atoms with van der Waals surface area (Å²) in [6, 6.07) is 1.38. The maximum Gasteiger partial charge on any atom is 0.296 e. The molecule has 0 radical (unpaired) electrons. The summed E-state index contributed by atoms with van der Waals surface area (Å²) in [4.78, 5) is 39.0. The molecule has 1 saturated carbocycles. The first kappa shape index (κ1) is 18.3. The first-order chi connectivity index (χ1) is 13.0. The van der Waals surface area contributed by atoms with E-state index in [1.807, 2.05) is 0 Å². The van der Waals surface area contributed by atoms with E-state index in [-0.39, 0.29) is 34.8 Å². The smallest absolute Gasteiger partial charge is 0.296 e. The molecule has 0 saturated heterocycles. The molecule has 27 heavy (non-hydrogen) atoms. The zero-order valence-corrected chi connectivity index (χ0v) is 14.9. The Kier molecular flexibility index (Phi) is 5.30. The fourth-order valence-corrected chi connectivity index (χ4v) is 2.73. The molecule has 1 aliphatic carbocycles. The largest absolute Gasteiger partial charge is 0.502 e. The van der Waals surface area contributed by atoms with E-state index in [0.29, 0.717) is 29.7 Å². The summed E-state index contributed by atoms with van der Waals surface area (Å²) < 4.78 is 9.90. The van der Waals surface area contributed by atoms with E-state index in [1.165, 1.54) is 26.5 Å². The Morgan fingerprint density at radius 1 is 1.11 bits per heavy atom. The number of hydrogen-bond donors (Lipinski definition) is 2. The molecular weight excluding hydrogens is 352 g/mol. The van der Waals surface area contributed by atoms with Crippen LogP contribution in [-0.4, -0.2) is 45.0 Å². The maximum atomic E-state index is 12.8. The highest BCUT2D eigenvalue weighted by molar-refractivity contribution is 6.13. The summed E-state index contributed by atoms with van der Waals surface area (Å²) >= 11 is 0. The van der Waals surface area contributed by atoms with Gasteiger partial charge in [0.05, 0.1) is 26.1 Å². The number of rotatable bonds is 4. The van der Waals surface area contributed by atoms with Gasteiger partial charge in [-0.1, -0.05) is 0 Å². The van der Waals surface area contributed by atoms with Gasteiger partial charge in [-0.2, -0.15) is 9.97 Å². The van der Waals surface area contributed by atoms with Gasteiger partial charge in [0.15, 0.2) is 17.4 Å². The number of carbonyl (C=O) groups excluding carboxylic acids is 1. The summed E-state index contributed by atoms with van der Waals surface area (Å²) in [5, 5.41) is 9.57. The van der Waals surface area contributed by atoms with Crippen LogP contribution in [-0.2, 0) is 4.79 Å². The van der Waals surface area contributed by atoms with Crippen molar-refractivity contribution in [3.63, 3.8) is 0 Å². The second-order valence-corrected chi connectivity index (χ2v) is 5.82. The van der Waals surface area contributed by atoms with Crippen LogP contribution in [0.1, 0.15) is 30.8 Å². The number of carbonyl (C=O) groups is 1. The fraction of sp³-hybridized carbons (Fsp3) is 0.278. The van der Waals surface area contributed by atoms with Crippen LogP contribution in [0.4, 0.5) is 0 Å². The van der Waals surface area contributed by atoms with Gasteiger partial charge in [-0.05, 0) is 31.4 Å². The lowest BCUT2D eigenvalue weighted by atomic mass is 9.88. The van der Waals surface area contributed by atoms with E-state index < -0.39 is 0 Å². The molecule has 0 aliphatic heterocycles. The number of allylic oxidation sites excluding steroid dienone is 2. The average Bonchev–Trinajstić information content (AvgIpc) is 2.66. The van der Waals surface area contributed by atoms with Crippen molar-refractivity contribution in [3.8, 4) is 17.6 Å². The number of aromatic nitrogens is 4. The van der Waals surface area contributed by atoms with Crippen LogP contribution in [0.3, 0.4) is 0 Å². The molecule has 2 N–H and O–H groups in total. The molecular formula is C18H18N4O5. The SMILES string of the molecule is COc1nc(/C=C2/CCC/C(=C/c3ncc(O)c(OC)n3)C2=O)cc(=O)[nH]1. The van der Waals surface area contributed by atoms with Gasteiger partial charge in [0.2, 0.25) is 0 Å². The fourth-order valence-electron chi connectivity index (χ4n) is 2.73. The highest BCUT2D eigenvalue weighted by atomic mass is 16.5. The lowest BCUT2D eigenvalue weighted by molar-refractivity contribution is -0.112. The van der Waals surface area contributed by atoms with E-state index in [4.69, 9.17) is 9.47 Å². The topological polar surface area (TPSA) is 127 Å². The van der Waals surface area contributed by atoms with Gasteiger partial charge in [-0.3, -0.25) is 14.6 Å². The third kappa shape index (κ3) is 4.20. The molecule has 0 amide bonds. The Morgan fingerprint density at radius 3 is 2.56 bits per heavy atom. The summed E-state index contributed by atoms with van der Waals surface area (Å²) in [6.45, 7) is 0. The first-order valence-corrected chi connectivity index (χ1v) is 8.21. The highest BCUT2D eigenvalue weighted by Gasteiger charge is 2.21. The van der Waals surface area contributed by atoms with Gasteiger partial charge in [0.25, 0.3) is 17.4 Å². The molecule has 1 fully saturated rings. The monoisotopic (exact) mass is 370 g/mol. The number of hydrogen-bond acceptors (Lipinski definition) is 8. The molecule has 0 aromatic carbocycles. The molecule has 2 aromatic heterocycles. The summed E-state index contributed by atoms with van der Waals surface area (Å²) in [6.07, 6.45) is 6.30. The van der Waals surface area contributed by atoms with Gasteiger partial charge in [0.1, 0.15) is 0 Å². The van der Waals surface area contributed by atoms with Crippen molar-refractivity contribution in [2.24, 2.45) is 0 Å². The molecule has 3 rings (SSSR count). The first-order valence-electron chi connectivity index (χ1n) is 8.21. The van der Waals surface area contributed by atoms with Crippen molar-refractivity contribution >= 4 is 17.9 Å². The Balaban J connectivity index is 1.92. The number of H-pyrrole nitrogens is 1. The van der Waals surface area contributed by atoms with E-state index in [9.17, 15) is 14.7 Å². The number of nitrogens with one attached hydrogen (secondary N) is 1. The predicted molar refractivity (Wildman–Crippen MR) is 96.5 cm³/mol. The molecule has 0 bridgehead atoms. The number of aromatic hydroxyl groups is 1. The molecule has 140 valence electrons. The lowest BCUT2D eigenvalue weighted by Crippen LogP contribution is -2.14. The molecule has 0 unspecified atom stereocenters. The number of ketones is 1. The standard InChI is InChI=1S/C18H18N4O5/c1-26-17-13(23)9-19-14(21-17)7-11-5-3-4-10(16(11)25)6-12-8-15(24)22-18(20-12)27-2/h6-9,23H,3-5H2,1-2H3,(H,20,22,24)/b10-6-,11-7-. The minimum absolute atomic E-state index is 0.0377. The van der Waals surface area contributed by atoms with E-state index in [1.54, 1.807) is 12.2 Å². The van der Waals surface area contributed by atoms with E-state index >= 15 is 0 Å². The van der Waals surface area contributed by atoms with Crippen LogP contribution in [0.25, 0.3) is 12.2 Å². The van der Waals surface area contributed by atoms with Crippen LogP contribution < -0.4 is 15.0 Å². The number of aromatic amines is 1. The van der Waals surface area contributed by atoms with Crippen LogP contribution in [0.2, 0.25) is 0 Å². The summed E-state index contributed by atoms with van der Waals surface area (Å²) in [5.41, 5.74) is 1.07. The minimum Gasteiger partial charge on any atom is -0.502 e. The third-order valence-corrected chi connectivity index (χ3v) is 3.98. The zero-order valence-electron chi connectivity index (χ0n) is 14.9. The van der Waals surface area contributed by atoms with Crippen molar-refractivity contribution in [2.45, 2.75) is 19.3 Å². The van der Waals surface area contributed by atoms with Crippen LogP contribution in [0, 0.1) is 0 Å². The van der Waals surface area contributed by atoms with Crippen LogP contribution in [0.15, 0.2) is 28.2 Å². The van der Waals surface area contributed by atoms with Gasteiger partial charge < -0.3 is 14.6 Å². The number of nitrogens with zero attached hydrogens (tertiary/aromatic N) is 3. The molecule has 9 heteroatoms. The normalized spacial score (nSPS) is 17.3. The minimum atomic E-state index is -0.364. The number of Topliss-reactive ketones (excluding diaryl/α,β-unsaturated/α-hetero) is 1. The zero-order chi connectivity index (χ0) is 19.4. The Bertz CT molecular complexity index is 993. The van der Waals surface area contributed by atoms with E-state index in [2.05, 4.69) is 19.9 Å². The summed E-state index contributed by atoms with van der Waals surface area (Å²) in [5.74, 6) is -0.0247. The number of methoxy groups -OCH3 is 2. The average molecular weight is 370 g/mol. The second kappa shape index (κ2) is 7.81. The Morgan fingerprint density at radius 2 is 1.85 bits per heavy atom.